The van der Waals surface area contributed by atoms with E-state index >= 15 is 0 Å². The summed E-state index contributed by atoms with van der Waals surface area (Å²) < 4.78 is 7.31. The Morgan fingerprint density at radius 3 is 2.82 bits per heavy atom. The quantitative estimate of drug-likeness (QED) is 0.596. The van der Waals surface area contributed by atoms with Gasteiger partial charge in [-0.1, -0.05) is 32.0 Å². The first-order valence-electron chi connectivity index (χ1n) is 10.7. The number of allylic oxidation sites excluding steroid dienone is 2. The van der Waals surface area contributed by atoms with Gasteiger partial charge in [0.1, 0.15) is 5.75 Å². The molecular formula is C25H25N5O2S. The number of nitrogens with zero attached hydrogens (tertiary/aromatic N) is 4. The van der Waals surface area contributed by atoms with Crippen LogP contribution in [0, 0.1) is 0 Å². The average Bonchev–Trinajstić information content (AvgIpc) is 3.31. The van der Waals surface area contributed by atoms with Crippen LogP contribution in [0.2, 0.25) is 0 Å². The Bertz CT molecular complexity index is 1380. The van der Waals surface area contributed by atoms with E-state index in [-0.39, 0.29) is 17.9 Å². The molecule has 2 aliphatic heterocycles. The predicted octanol–water partition coefficient (Wildman–Crippen LogP) is 4.22. The van der Waals surface area contributed by atoms with Crippen molar-refractivity contribution in [2.24, 2.45) is 10.1 Å². The third-order valence-corrected chi connectivity index (χ3v) is 7.05. The number of amides is 1. The van der Waals surface area contributed by atoms with Crippen LogP contribution in [0.15, 0.2) is 69.7 Å². The van der Waals surface area contributed by atoms with E-state index in [1.54, 1.807) is 7.05 Å². The molecule has 0 radical (unpaired) electrons. The van der Waals surface area contributed by atoms with Crippen LogP contribution >= 0.6 is 11.3 Å². The summed E-state index contributed by atoms with van der Waals surface area (Å²) in [6.45, 7) is 4.50. The van der Waals surface area contributed by atoms with Gasteiger partial charge in [0, 0.05) is 48.1 Å². The molecule has 0 saturated heterocycles. The van der Waals surface area contributed by atoms with Crippen molar-refractivity contribution in [2.45, 2.75) is 19.3 Å². The molecule has 0 aliphatic carbocycles. The van der Waals surface area contributed by atoms with Crippen molar-refractivity contribution >= 4 is 34.8 Å². The molecule has 0 atom stereocenters. The van der Waals surface area contributed by atoms with Crippen LogP contribution in [0.4, 0.5) is 11.4 Å². The number of nitrogens with one attached hydrogen (secondary N) is 1. The Hall–Kier alpha value is -3.65. The molecule has 33 heavy (non-hydrogen) atoms. The summed E-state index contributed by atoms with van der Waals surface area (Å²) in [5.74, 6) is 0.510. The minimum atomic E-state index is -0.156. The third-order valence-electron chi connectivity index (χ3n) is 6.14. The Kier molecular flexibility index (Phi) is 5.17. The van der Waals surface area contributed by atoms with E-state index in [0.29, 0.717) is 11.4 Å². The van der Waals surface area contributed by atoms with Crippen LogP contribution in [0.3, 0.4) is 0 Å². The molecule has 5 rings (SSSR count). The van der Waals surface area contributed by atoms with Gasteiger partial charge in [-0.2, -0.15) is 5.10 Å². The Morgan fingerprint density at radius 1 is 1.21 bits per heavy atom. The minimum absolute atomic E-state index is 0.0390. The van der Waals surface area contributed by atoms with E-state index in [2.05, 4.69) is 66.4 Å². The highest BCUT2D eigenvalue weighted by Gasteiger charge is 2.37. The Morgan fingerprint density at radius 2 is 2.03 bits per heavy atom. The van der Waals surface area contributed by atoms with Crippen LogP contribution in [0.1, 0.15) is 19.4 Å². The number of carbonyl (C=O) groups is 1. The van der Waals surface area contributed by atoms with Gasteiger partial charge >= 0.3 is 0 Å². The summed E-state index contributed by atoms with van der Waals surface area (Å²) >= 11 is 1.51. The zero-order valence-corrected chi connectivity index (χ0v) is 19.8. The van der Waals surface area contributed by atoms with Crippen molar-refractivity contribution < 1.29 is 9.53 Å². The van der Waals surface area contributed by atoms with Crippen molar-refractivity contribution in [3.05, 3.63) is 70.0 Å². The smallest absolute Gasteiger partial charge is 0.262 e. The molecule has 1 amide bonds. The maximum atomic E-state index is 11.7. The van der Waals surface area contributed by atoms with Crippen molar-refractivity contribution in [1.82, 2.24) is 4.68 Å². The number of aromatic nitrogens is 1. The molecule has 0 bridgehead atoms. The minimum Gasteiger partial charge on any atom is -0.482 e. The third kappa shape index (κ3) is 3.56. The lowest BCUT2D eigenvalue weighted by Crippen LogP contribution is -2.25. The van der Waals surface area contributed by atoms with Crippen LogP contribution in [0.5, 0.6) is 5.75 Å². The van der Waals surface area contributed by atoms with Gasteiger partial charge in [0.15, 0.2) is 6.61 Å². The maximum absolute atomic E-state index is 11.7. The highest BCUT2D eigenvalue weighted by atomic mass is 32.1. The number of anilines is 2. The van der Waals surface area contributed by atoms with Gasteiger partial charge < -0.3 is 15.0 Å². The molecule has 1 aromatic heterocycles. The molecule has 0 spiro atoms. The van der Waals surface area contributed by atoms with E-state index in [0.717, 1.165) is 16.1 Å². The number of benzene rings is 2. The fourth-order valence-corrected chi connectivity index (χ4v) is 5.28. The lowest BCUT2D eigenvalue weighted by atomic mass is 9.84. The zero-order valence-electron chi connectivity index (χ0n) is 19.0. The van der Waals surface area contributed by atoms with Gasteiger partial charge in [0.05, 0.1) is 11.4 Å². The van der Waals surface area contributed by atoms with Gasteiger partial charge in [-0.25, -0.2) is 4.68 Å². The molecule has 0 saturated carbocycles. The fraction of sp³-hybridized carbons (Fsp3) is 0.240. The number of ether oxygens (including phenoxy) is 1. The number of para-hydroxylation sites is 1. The number of hydrogen-bond acceptors (Lipinski definition) is 6. The fourth-order valence-electron chi connectivity index (χ4n) is 4.48. The Balaban J connectivity index is 1.51. The van der Waals surface area contributed by atoms with E-state index in [1.807, 2.05) is 34.5 Å². The van der Waals surface area contributed by atoms with Crippen molar-refractivity contribution in [3.8, 4) is 17.0 Å². The number of rotatable bonds is 3. The zero-order chi connectivity index (χ0) is 23.2. The summed E-state index contributed by atoms with van der Waals surface area (Å²) in [5.41, 5.74) is 6.05. The van der Waals surface area contributed by atoms with Crippen LogP contribution in [-0.2, 0) is 10.2 Å². The lowest BCUT2D eigenvalue weighted by Gasteiger charge is -2.23. The van der Waals surface area contributed by atoms with E-state index in [1.165, 1.54) is 28.3 Å². The number of hydrogen-bond donors (Lipinski definition) is 1. The van der Waals surface area contributed by atoms with Gasteiger partial charge in [-0.3, -0.25) is 9.79 Å². The van der Waals surface area contributed by atoms with Crippen molar-refractivity contribution in [2.75, 3.05) is 30.9 Å². The van der Waals surface area contributed by atoms with E-state index in [4.69, 9.17) is 9.84 Å². The topological polar surface area (TPSA) is 71.2 Å². The van der Waals surface area contributed by atoms with Gasteiger partial charge in [0.2, 0.25) is 4.80 Å². The largest absolute Gasteiger partial charge is 0.482 e. The predicted molar refractivity (Wildman–Crippen MR) is 133 cm³/mol. The summed E-state index contributed by atoms with van der Waals surface area (Å²) in [6.07, 6.45) is 3.89. The molecule has 0 unspecified atom stereocenters. The molecule has 3 heterocycles. The number of likely N-dealkylation sites (N-methyl/N-ethyl adjacent to an activating group) is 1. The van der Waals surface area contributed by atoms with Gasteiger partial charge in [0.25, 0.3) is 5.91 Å². The highest BCUT2D eigenvalue weighted by Crippen LogP contribution is 2.46. The second-order valence-electron chi connectivity index (χ2n) is 8.50. The lowest BCUT2D eigenvalue weighted by molar-refractivity contribution is -0.118. The molecule has 1 N–H and O–H groups in total. The summed E-state index contributed by atoms with van der Waals surface area (Å²) in [5, 5.41) is 9.64. The van der Waals surface area contributed by atoms with E-state index < -0.39 is 0 Å². The van der Waals surface area contributed by atoms with Crippen LogP contribution < -0.4 is 19.8 Å². The highest BCUT2D eigenvalue weighted by molar-refractivity contribution is 7.07. The van der Waals surface area contributed by atoms with Crippen molar-refractivity contribution in [3.63, 3.8) is 0 Å². The van der Waals surface area contributed by atoms with Crippen LogP contribution in [-0.4, -0.2) is 37.5 Å². The molecule has 168 valence electrons. The van der Waals surface area contributed by atoms with Gasteiger partial charge in [-0.15, -0.1) is 11.3 Å². The summed E-state index contributed by atoms with van der Waals surface area (Å²) in [4.78, 5) is 19.1. The maximum Gasteiger partial charge on any atom is 0.262 e. The molecule has 3 aromatic rings. The SMILES string of the molecule is CN=c1scc(-c2ccc3c(c2)NC(=O)CO3)n1N=CC=C1N(C)c2ccccc2C1(C)C. The summed E-state index contributed by atoms with van der Waals surface area (Å²) in [6, 6.07) is 14.2. The van der Waals surface area contributed by atoms with Gasteiger partial charge in [-0.05, 0) is 35.9 Å². The molecular weight excluding hydrogens is 434 g/mol. The molecule has 2 aliphatic rings. The average molecular weight is 460 g/mol. The standard InChI is InChI=1S/C25H25N5O2S/c1-25(2)17-7-5-6-8-19(17)29(4)22(25)11-12-27-30-20(15-33-24(30)26-3)16-9-10-21-18(13-16)28-23(31)14-32-21/h5-13,15H,14H2,1-4H3,(H,28,31). The number of fused-ring (bicyclic) bond motifs is 2. The first kappa shape index (κ1) is 21.2. The summed E-state index contributed by atoms with van der Waals surface area (Å²) in [7, 11) is 3.85. The first-order chi connectivity index (χ1) is 15.9. The normalized spacial score (nSPS) is 18.4. The van der Waals surface area contributed by atoms with Crippen molar-refractivity contribution in [1.29, 1.82) is 0 Å². The van der Waals surface area contributed by atoms with E-state index in [9.17, 15) is 4.79 Å². The molecule has 0 fully saturated rings. The molecule has 7 nitrogen and oxygen atoms in total. The first-order valence-corrected chi connectivity index (χ1v) is 11.6. The second-order valence-corrected chi connectivity index (χ2v) is 9.34. The Labute approximate surface area is 196 Å². The number of carbonyl (C=O) groups excluding carboxylic acids is 1. The number of thiazole rings is 1. The monoisotopic (exact) mass is 459 g/mol. The molecule has 2 aromatic carbocycles. The van der Waals surface area contributed by atoms with Crippen LogP contribution in [0.25, 0.3) is 11.3 Å². The second kappa shape index (κ2) is 8.04. The molecule has 8 heteroatoms.